The quantitative estimate of drug-likeness (QED) is 0.856. The van der Waals surface area contributed by atoms with Crippen molar-refractivity contribution in [1.82, 2.24) is 0 Å². The summed E-state index contributed by atoms with van der Waals surface area (Å²) in [5.74, 6) is -0.755. The van der Waals surface area contributed by atoms with Crippen molar-refractivity contribution in [3.05, 3.63) is 53.6 Å². The molecule has 2 aromatic rings. The number of rotatable bonds is 4. The lowest BCUT2D eigenvalue weighted by Crippen LogP contribution is -2.29. The monoisotopic (exact) mass is 394 g/mol. The molecule has 0 radical (unpaired) electrons. The molecule has 7 nitrogen and oxygen atoms in total. The maximum atomic E-state index is 12.6. The molecule has 1 aliphatic rings. The molecule has 138 valence electrons. The van der Waals surface area contributed by atoms with Crippen LogP contribution in [-0.4, -0.2) is 28.5 Å². The van der Waals surface area contributed by atoms with Gasteiger partial charge in [-0.3, -0.25) is 9.52 Å². The third-order valence-electron chi connectivity index (χ3n) is 4.10. The molecule has 2 aromatic carbocycles. The van der Waals surface area contributed by atoms with E-state index in [0.29, 0.717) is 5.69 Å². The summed E-state index contributed by atoms with van der Waals surface area (Å²) in [7, 11) is -7.52. The molecular formula is C17H18N2O5S2. The van der Waals surface area contributed by atoms with Crippen molar-refractivity contribution < 1.29 is 21.6 Å². The predicted octanol–water partition coefficient (Wildman–Crippen LogP) is 2.17. The summed E-state index contributed by atoms with van der Waals surface area (Å²) in [5, 5.41) is 0. The number of nitrogens with zero attached hydrogens (tertiary/aromatic N) is 1. The number of amides is 1. The van der Waals surface area contributed by atoms with Crippen molar-refractivity contribution in [3.63, 3.8) is 0 Å². The highest BCUT2D eigenvalue weighted by Gasteiger charge is 2.36. The van der Waals surface area contributed by atoms with Crippen molar-refractivity contribution in [2.24, 2.45) is 0 Å². The summed E-state index contributed by atoms with van der Waals surface area (Å²) >= 11 is 0. The van der Waals surface area contributed by atoms with Crippen molar-refractivity contribution >= 4 is 37.3 Å². The third-order valence-corrected chi connectivity index (χ3v) is 7.17. The Morgan fingerprint density at radius 1 is 1.04 bits per heavy atom. The second-order valence-electron chi connectivity index (χ2n) is 6.14. The zero-order chi connectivity index (χ0) is 19.1. The minimum atomic E-state index is -3.84. The highest BCUT2D eigenvalue weighted by molar-refractivity contribution is 7.94. The van der Waals surface area contributed by atoms with Crippen LogP contribution in [0.1, 0.15) is 17.5 Å². The Balaban J connectivity index is 1.90. The van der Waals surface area contributed by atoms with E-state index in [0.717, 1.165) is 15.4 Å². The van der Waals surface area contributed by atoms with Gasteiger partial charge in [-0.2, -0.15) is 0 Å². The van der Waals surface area contributed by atoms with Gasteiger partial charge in [-0.15, -0.1) is 0 Å². The van der Waals surface area contributed by atoms with Crippen LogP contribution < -0.4 is 9.03 Å². The maximum absolute atomic E-state index is 12.6. The van der Waals surface area contributed by atoms with Gasteiger partial charge in [0.15, 0.2) is 0 Å². The Labute approximate surface area is 152 Å². The Kier molecular flexibility index (Phi) is 4.53. The minimum absolute atomic E-state index is 0.0220. The average molecular weight is 394 g/mol. The van der Waals surface area contributed by atoms with Gasteiger partial charge in [0.1, 0.15) is 0 Å². The van der Waals surface area contributed by atoms with Gasteiger partial charge in [-0.25, -0.2) is 21.1 Å². The van der Waals surface area contributed by atoms with Crippen molar-refractivity contribution in [2.75, 3.05) is 14.8 Å². The number of nitrogens with one attached hydrogen (secondary N) is 1. The molecule has 1 saturated heterocycles. The molecule has 1 fully saturated rings. The summed E-state index contributed by atoms with van der Waals surface area (Å²) in [5.41, 5.74) is 2.32. The first kappa shape index (κ1) is 18.4. The van der Waals surface area contributed by atoms with Gasteiger partial charge in [0.05, 0.1) is 22.0 Å². The lowest BCUT2D eigenvalue weighted by atomic mass is 10.1. The second-order valence-corrected chi connectivity index (χ2v) is 9.76. The molecule has 0 bridgehead atoms. The summed E-state index contributed by atoms with van der Waals surface area (Å²) in [6.45, 7) is 3.66. The van der Waals surface area contributed by atoms with E-state index in [2.05, 4.69) is 4.72 Å². The van der Waals surface area contributed by atoms with E-state index in [-0.39, 0.29) is 22.8 Å². The minimum Gasteiger partial charge on any atom is -0.279 e. The van der Waals surface area contributed by atoms with Crippen molar-refractivity contribution in [1.29, 1.82) is 0 Å². The Morgan fingerprint density at radius 3 is 2.27 bits per heavy atom. The lowest BCUT2D eigenvalue weighted by Gasteiger charge is -2.16. The predicted molar refractivity (Wildman–Crippen MR) is 99.1 cm³/mol. The highest BCUT2D eigenvalue weighted by Crippen LogP contribution is 2.27. The molecule has 0 saturated carbocycles. The van der Waals surface area contributed by atoms with E-state index < -0.39 is 26.0 Å². The van der Waals surface area contributed by atoms with E-state index in [1.54, 1.807) is 13.0 Å². The topological polar surface area (TPSA) is 101 Å². The van der Waals surface area contributed by atoms with E-state index in [1.807, 2.05) is 19.1 Å². The van der Waals surface area contributed by atoms with E-state index in [4.69, 9.17) is 0 Å². The standard InChI is InChI=1S/C17H18N2O5S2/c1-12-3-4-13(2)16(11-12)18-26(23,24)15-7-5-14(6-8-15)19-17(20)9-10-25(19,21)22/h3-8,11,18H,9-10H2,1-2H3. The maximum Gasteiger partial charge on any atom is 0.261 e. The third kappa shape index (κ3) is 3.45. The zero-order valence-electron chi connectivity index (χ0n) is 14.3. The van der Waals surface area contributed by atoms with Gasteiger partial charge in [0, 0.05) is 6.42 Å². The Hall–Kier alpha value is -2.39. The molecular weight excluding hydrogens is 376 g/mol. The van der Waals surface area contributed by atoms with Crippen LogP contribution in [0.2, 0.25) is 0 Å². The molecule has 1 N–H and O–H groups in total. The molecule has 0 unspecified atom stereocenters. The fraction of sp³-hybridized carbons (Fsp3) is 0.235. The second kappa shape index (κ2) is 6.40. The smallest absolute Gasteiger partial charge is 0.261 e. The molecule has 9 heteroatoms. The van der Waals surface area contributed by atoms with Crippen LogP contribution in [0.25, 0.3) is 0 Å². The number of anilines is 2. The molecule has 0 aromatic heterocycles. The Morgan fingerprint density at radius 2 is 1.69 bits per heavy atom. The molecule has 0 atom stereocenters. The zero-order valence-corrected chi connectivity index (χ0v) is 15.9. The van der Waals surface area contributed by atoms with Crippen molar-refractivity contribution in [3.8, 4) is 0 Å². The summed E-state index contributed by atoms with van der Waals surface area (Å²) in [4.78, 5) is 11.8. The summed E-state index contributed by atoms with van der Waals surface area (Å²) < 4.78 is 52.3. The fourth-order valence-electron chi connectivity index (χ4n) is 2.68. The van der Waals surface area contributed by atoms with Gasteiger partial charge in [0.2, 0.25) is 15.9 Å². The molecule has 0 aliphatic carbocycles. The number of benzene rings is 2. The molecule has 1 amide bonds. The molecule has 1 aliphatic heterocycles. The summed E-state index contributed by atoms with van der Waals surface area (Å²) in [6, 6.07) is 10.6. The first-order valence-corrected chi connectivity index (χ1v) is 11.0. The first-order chi connectivity index (χ1) is 12.1. The SMILES string of the molecule is Cc1ccc(C)c(NS(=O)(=O)c2ccc(N3C(=O)CCS3(=O)=O)cc2)c1. The van der Waals surface area contributed by atoms with Crippen LogP contribution in [0.4, 0.5) is 11.4 Å². The number of carbonyl (C=O) groups excluding carboxylic acids is 1. The number of carbonyl (C=O) groups is 1. The van der Waals surface area contributed by atoms with Gasteiger partial charge in [-0.1, -0.05) is 12.1 Å². The number of sulfonamides is 2. The van der Waals surface area contributed by atoms with Crippen LogP contribution in [0.15, 0.2) is 47.4 Å². The van der Waals surface area contributed by atoms with Crippen molar-refractivity contribution in [2.45, 2.75) is 25.2 Å². The normalized spacial score (nSPS) is 16.7. The van der Waals surface area contributed by atoms with Crippen LogP contribution in [0.5, 0.6) is 0 Å². The van der Waals surface area contributed by atoms with Crippen LogP contribution >= 0.6 is 0 Å². The highest BCUT2D eigenvalue weighted by atomic mass is 32.2. The number of aryl methyl sites for hydroxylation is 2. The average Bonchev–Trinajstić information content (AvgIpc) is 2.84. The van der Waals surface area contributed by atoms with Crippen LogP contribution in [-0.2, 0) is 24.8 Å². The largest absolute Gasteiger partial charge is 0.279 e. The van der Waals surface area contributed by atoms with E-state index in [9.17, 15) is 21.6 Å². The van der Waals surface area contributed by atoms with Gasteiger partial charge in [0.25, 0.3) is 10.0 Å². The molecule has 26 heavy (non-hydrogen) atoms. The molecule has 1 heterocycles. The van der Waals surface area contributed by atoms with Crippen LogP contribution in [0, 0.1) is 13.8 Å². The molecule has 0 spiro atoms. The van der Waals surface area contributed by atoms with Gasteiger partial charge >= 0.3 is 0 Å². The fourth-order valence-corrected chi connectivity index (χ4v) is 5.26. The first-order valence-electron chi connectivity index (χ1n) is 7.86. The Bertz CT molecular complexity index is 1070. The van der Waals surface area contributed by atoms with E-state index >= 15 is 0 Å². The lowest BCUT2D eigenvalue weighted by molar-refractivity contribution is -0.116. The van der Waals surface area contributed by atoms with Gasteiger partial charge in [-0.05, 0) is 55.3 Å². The number of hydrogen-bond donors (Lipinski definition) is 1. The number of hydrogen-bond acceptors (Lipinski definition) is 5. The molecule has 3 rings (SSSR count). The summed E-state index contributed by atoms with van der Waals surface area (Å²) in [6.07, 6.45) is -0.0728. The van der Waals surface area contributed by atoms with Crippen LogP contribution in [0.3, 0.4) is 0 Å². The van der Waals surface area contributed by atoms with Gasteiger partial charge < -0.3 is 0 Å². The van der Waals surface area contributed by atoms with E-state index in [1.165, 1.54) is 24.3 Å².